The highest BCUT2D eigenvalue weighted by Gasteiger charge is 2.18. The molecule has 1 unspecified atom stereocenters. The van der Waals surface area contributed by atoms with Crippen molar-refractivity contribution in [2.24, 2.45) is 18.7 Å². The van der Waals surface area contributed by atoms with E-state index in [9.17, 15) is 4.79 Å². The number of rotatable bonds is 4. The van der Waals surface area contributed by atoms with Crippen LogP contribution in [0.3, 0.4) is 0 Å². The molecule has 0 fully saturated rings. The summed E-state index contributed by atoms with van der Waals surface area (Å²) in [5.41, 5.74) is 7.08. The maximum atomic E-state index is 11.9. The Balaban J connectivity index is 2.76. The highest BCUT2D eigenvalue weighted by atomic mass is 16.1. The molecule has 5 nitrogen and oxygen atoms in total. The molecule has 90 valence electrons. The summed E-state index contributed by atoms with van der Waals surface area (Å²) in [6.45, 7) is 6.39. The van der Waals surface area contributed by atoms with Crippen LogP contribution in [0, 0.1) is 12.8 Å². The molecule has 0 spiro atoms. The predicted molar refractivity (Wildman–Crippen MR) is 63.1 cm³/mol. The fourth-order valence-corrected chi connectivity index (χ4v) is 1.47. The molecular weight excluding hydrogens is 204 g/mol. The molecule has 1 atom stereocenters. The van der Waals surface area contributed by atoms with Gasteiger partial charge in [-0.25, -0.2) is 0 Å². The standard InChI is InChI=1S/C11H20N4O/c1-7(2)10(5-12)14-11(16)9-6-13-15(4)8(9)3/h6-7,10H,5,12H2,1-4H3,(H,14,16). The minimum atomic E-state index is -0.102. The molecule has 0 aromatic carbocycles. The summed E-state index contributed by atoms with van der Waals surface area (Å²) < 4.78 is 1.68. The van der Waals surface area contributed by atoms with Gasteiger partial charge < -0.3 is 11.1 Å². The second-order valence-corrected chi connectivity index (χ2v) is 4.33. The van der Waals surface area contributed by atoms with E-state index in [1.54, 1.807) is 10.9 Å². The number of hydrogen-bond acceptors (Lipinski definition) is 3. The first-order chi connectivity index (χ1) is 7.47. The highest BCUT2D eigenvalue weighted by molar-refractivity contribution is 5.95. The van der Waals surface area contributed by atoms with E-state index < -0.39 is 0 Å². The van der Waals surface area contributed by atoms with Crippen LogP contribution in [0.4, 0.5) is 0 Å². The lowest BCUT2D eigenvalue weighted by molar-refractivity contribution is 0.0927. The van der Waals surface area contributed by atoms with Gasteiger partial charge in [0.2, 0.25) is 0 Å². The van der Waals surface area contributed by atoms with Crippen LogP contribution in [0.1, 0.15) is 29.9 Å². The van der Waals surface area contributed by atoms with E-state index in [0.29, 0.717) is 18.0 Å². The normalized spacial score (nSPS) is 12.9. The lowest BCUT2D eigenvalue weighted by atomic mass is 10.0. The summed E-state index contributed by atoms with van der Waals surface area (Å²) in [4.78, 5) is 11.9. The van der Waals surface area contributed by atoms with E-state index >= 15 is 0 Å². The van der Waals surface area contributed by atoms with Crippen molar-refractivity contribution in [2.75, 3.05) is 6.54 Å². The Morgan fingerprint density at radius 2 is 2.25 bits per heavy atom. The topological polar surface area (TPSA) is 72.9 Å². The number of nitrogens with zero attached hydrogens (tertiary/aromatic N) is 2. The van der Waals surface area contributed by atoms with Crippen LogP contribution < -0.4 is 11.1 Å². The molecule has 0 aliphatic rings. The van der Waals surface area contributed by atoms with Gasteiger partial charge in [-0.05, 0) is 12.8 Å². The minimum Gasteiger partial charge on any atom is -0.348 e. The van der Waals surface area contributed by atoms with Crippen LogP contribution in [0.2, 0.25) is 0 Å². The summed E-state index contributed by atoms with van der Waals surface area (Å²) in [7, 11) is 1.81. The molecule has 1 rings (SSSR count). The van der Waals surface area contributed by atoms with Crippen LogP contribution >= 0.6 is 0 Å². The van der Waals surface area contributed by atoms with Gasteiger partial charge in [0.15, 0.2) is 0 Å². The first-order valence-electron chi connectivity index (χ1n) is 5.47. The number of amides is 1. The lowest BCUT2D eigenvalue weighted by Crippen LogP contribution is -2.43. The average molecular weight is 224 g/mol. The molecule has 5 heteroatoms. The van der Waals surface area contributed by atoms with Crippen LogP contribution in [0.25, 0.3) is 0 Å². The molecule has 3 N–H and O–H groups in total. The summed E-state index contributed by atoms with van der Waals surface area (Å²) in [5, 5.41) is 6.96. The maximum absolute atomic E-state index is 11.9. The predicted octanol–water partition coefficient (Wildman–Crippen LogP) is 0.442. The van der Waals surface area contributed by atoms with Gasteiger partial charge in [-0.2, -0.15) is 5.10 Å². The van der Waals surface area contributed by atoms with Gasteiger partial charge >= 0.3 is 0 Å². The van der Waals surface area contributed by atoms with Crippen LogP contribution in [0.5, 0.6) is 0 Å². The molecule has 1 heterocycles. The Morgan fingerprint density at radius 1 is 1.62 bits per heavy atom. The van der Waals surface area contributed by atoms with Crippen molar-refractivity contribution in [1.29, 1.82) is 0 Å². The number of carbonyl (C=O) groups is 1. The van der Waals surface area contributed by atoms with Crippen molar-refractivity contribution in [3.8, 4) is 0 Å². The number of carbonyl (C=O) groups excluding carboxylic acids is 1. The SMILES string of the molecule is Cc1c(C(=O)NC(CN)C(C)C)cnn1C. The zero-order valence-electron chi connectivity index (χ0n) is 10.3. The number of nitrogens with two attached hydrogens (primary N) is 1. The van der Waals surface area contributed by atoms with Crippen LogP contribution in [-0.2, 0) is 7.05 Å². The summed E-state index contributed by atoms with van der Waals surface area (Å²) in [6, 6.07) is 0.00658. The molecule has 0 saturated heterocycles. The first kappa shape index (κ1) is 12.7. The zero-order chi connectivity index (χ0) is 12.3. The van der Waals surface area contributed by atoms with Crippen LogP contribution in [0.15, 0.2) is 6.20 Å². The molecule has 0 bridgehead atoms. The van der Waals surface area contributed by atoms with E-state index in [2.05, 4.69) is 10.4 Å². The quantitative estimate of drug-likeness (QED) is 0.779. The summed E-state index contributed by atoms with van der Waals surface area (Å²) in [5.74, 6) is 0.223. The number of hydrogen-bond donors (Lipinski definition) is 2. The lowest BCUT2D eigenvalue weighted by Gasteiger charge is -2.20. The van der Waals surface area contributed by atoms with E-state index in [1.165, 1.54) is 0 Å². The van der Waals surface area contributed by atoms with Crippen LogP contribution in [-0.4, -0.2) is 28.3 Å². The number of nitrogens with one attached hydrogen (secondary N) is 1. The van der Waals surface area contributed by atoms with Crippen molar-refractivity contribution in [2.45, 2.75) is 26.8 Å². The first-order valence-corrected chi connectivity index (χ1v) is 5.47. The van der Waals surface area contributed by atoms with Crippen molar-refractivity contribution in [3.05, 3.63) is 17.5 Å². The second-order valence-electron chi connectivity index (χ2n) is 4.33. The Labute approximate surface area is 96.0 Å². The summed E-state index contributed by atoms with van der Waals surface area (Å²) in [6.07, 6.45) is 1.58. The molecule has 0 aliphatic carbocycles. The fourth-order valence-electron chi connectivity index (χ4n) is 1.47. The molecule has 0 radical (unpaired) electrons. The Morgan fingerprint density at radius 3 is 2.62 bits per heavy atom. The van der Waals surface area contributed by atoms with Crippen molar-refractivity contribution in [1.82, 2.24) is 15.1 Å². The average Bonchev–Trinajstić information content (AvgIpc) is 2.55. The monoisotopic (exact) mass is 224 g/mol. The number of aromatic nitrogens is 2. The van der Waals surface area contributed by atoms with Crippen molar-refractivity contribution < 1.29 is 4.79 Å². The summed E-state index contributed by atoms with van der Waals surface area (Å²) >= 11 is 0. The van der Waals surface area contributed by atoms with Crippen molar-refractivity contribution >= 4 is 5.91 Å². The van der Waals surface area contributed by atoms with E-state index in [1.807, 2.05) is 27.8 Å². The smallest absolute Gasteiger partial charge is 0.255 e. The fraction of sp³-hybridized carbons (Fsp3) is 0.636. The largest absolute Gasteiger partial charge is 0.348 e. The number of aryl methyl sites for hydroxylation is 1. The third kappa shape index (κ3) is 2.61. The molecule has 16 heavy (non-hydrogen) atoms. The van der Waals surface area contributed by atoms with Gasteiger partial charge in [-0.3, -0.25) is 9.48 Å². The Bertz CT molecular complexity index is 370. The Kier molecular flexibility index (Phi) is 4.06. The molecule has 1 amide bonds. The third-order valence-electron chi connectivity index (χ3n) is 2.86. The zero-order valence-corrected chi connectivity index (χ0v) is 10.3. The van der Waals surface area contributed by atoms with E-state index in [0.717, 1.165) is 5.69 Å². The van der Waals surface area contributed by atoms with E-state index in [-0.39, 0.29) is 11.9 Å². The van der Waals surface area contributed by atoms with Gasteiger partial charge in [-0.1, -0.05) is 13.8 Å². The third-order valence-corrected chi connectivity index (χ3v) is 2.86. The van der Waals surface area contributed by atoms with Gasteiger partial charge in [0.25, 0.3) is 5.91 Å². The molecule has 0 saturated carbocycles. The van der Waals surface area contributed by atoms with Gasteiger partial charge in [0.05, 0.1) is 11.8 Å². The molecule has 0 aliphatic heterocycles. The minimum absolute atomic E-state index is 0.00658. The molecule has 1 aromatic heterocycles. The second kappa shape index (κ2) is 5.12. The Hall–Kier alpha value is -1.36. The molecular formula is C11H20N4O. The van der Waals surface area contributed by atoms with Gasteiger partial charge in [-0.15, -0.1) is 0 Å². The highest BCUT2D eigenvalue weighted by Crippen LogP contribution is 2.07. The van der Waals surface area contributed by atoms with Gasteiger partial charge in [0.1, 0.15) is 0 Å². The van der Waals surface area contributed by atoms with Crippen molar-refractivity contribution in [3.63, 3.8) is 0 Å². The maximum Gasteiger partial charge on any atom is 0.255 e. The molecule has 1 aromatic rings. The van der Waals surface area contributed by atoms with E-state index in [4.69, 9.17) is 5.73 Å². The van der Waals surface area contributed by atoms with Gasteiger partial charge in [0, 0.05) is 25.3 Å².